The van der Waals surface area contributed by atoms with Gasteiger partial charge in [0.2, 0.25) is 0 Å². The molecule has 0 fully saturated rings. The van der Waals surface area contributed by atoms with Crippen molar-refractivity contribution >= 4 is 0 Å². The summed E-state index contributed by atoms with van der Waals surface area (Å²) in [6.07, 6.45) is 0.312. The van der Waals surface area contributed by atoms with Crippen molar-refractivity contribution in [2.75, 3.05) is 0 Å². The molecule has 1 aromatic carbocycles. The number of pyridine rings is 1. The first-order chi connectivity index (χ1) is 8.54. The number of alkyl halides is 2. The second kappa shape index (κ2) is 5.23. The molecule has 18 heavy (non-hydrogen) atoms. The minimum absolute atomic E-state index is 0.113. The third kappa shape index (κ3) is 3.60. The molecule has 0 unspecified atom stereocenters. The molecule has 0 N–H and O–H groups in total. The molecule has 2 nitrogen and oxygen atoms in total. The first-order valence-electron chi connectivity index (χ1n) is 5.56. The van der Waals surface area contributed by atoms with Gasteiger partial charge in [-0.25, -0.2) is 0 Å². The van der Waals surface area contributed by atoms with Gasteiger partial charge in [-0.2, -0.15) is 8.78 Å². The highest BCUT2D eigenvalue weighted by atomic mass is 19.3. The van der Waals surface area contributed by atoms with Gasteiger partial charge in [-0.05, 0) is 28.8 Å². The predicted molar refractivity (Wildman–Crippen MR) is 65.1 cm³/mol. The Hall–Kier alpha value is -1.81. The molecule has 2 rings (SSSR count). The van der Waals surface area contributed by atoms with Crippen LogP contribution in [0, 0.1) is 0 Å². The lowest BCUT2D eigenvalue weighted by molar-refractivity contribution is -0.231. The fraction of sp³-hybridized carbons (Fsp3) is 0.214. The van der Waals surface area contributed by atoms with Crippen LogP contribution < -0.4 is 0 Å². The molecule has 0 spiro atoms. The number of hydrogen-bond acceptors (Lipinski definition) is 2. The van der Waals surface area contributed by atoms with Gasteiger partial charge in [0.1, 0.15) is 0 Å². The fourth-order valence-electron chi connectivity index (χ4n) is 1.58. The maximum atomic E-state index is 12.6. The van der Waals surface area contributed by atoms with Crippen molar-refractivity contribution in [3.63, 3.8) is 0 Å². The highest BCUT2D eigenvalue weighted by Gasteiger charge is 2.21. The van der Waals surface area contributed by atoms with Crippen LogP contribution in [0.15, 0.2) is 48.8 Å². The predicted octanol–water partition coefficient (Wildman–Crippen LogP) is 3.88. The van der Waals surface area contributed by atoms with E-state index >= 15 is 0 Å². The fourth-order valence-corrected chi connectivity index (χ4v) is 1.58. The van der Waals surface area contributed by atoms with Crippen molar-refractivity contribution in [3.05, 3.63) is 54.4 Å². The van der Waals surface area contributed by atoms with E-state index in [1.54, 1.807) is 18.5 Å². The van der Waals surface area contributed by atoms with Crippen molar-refractivity contribution in [2.24, 2.45) is 0 Å². The summed E-state index contributed by atoms with van der Waals surface area (Å²) < 4.78 is 29.7. The Kier molecular flexibility index (Phi) is 3.67. The van der Waals surface area contributed by atoms with Crippen LogP contribution in [0.5, 0.6) is 0 Å². The smallest absolute Gasteiger partial charge is 0.316 e. The van der Waals surface area contributed by atoms with E-state index in [0.717, 1.165) is 18.1 Å². The lowest BCUT2D eigenvalue weighted by atomic mass is 10.1. The molecule has 94 valence electrons. The monoisotopic (exact) mass is 249 g/mol. The second-order valence-electron chi connectivity index (χ2n) is 4.04. The van der Waals surface area contributed by atoms with Crippen molar-refractivity contribution in [1.82, 2.24) is 4.98 Å². The molecule has 0 bridgehead atoms. The summed E-state index contributed by atoms with van der Waals surface area (Å²) >= 11 is 0. The second-order valence-corrected chi connectivity index (χ2v) is 4.04. The lowest BCUT2D eigenvalue weighted by Crippen LogP contribution is -2.14. The Labute approximate surface area is 104 Å². The molecule has 1 aromatic heterocycles. The van der Waals surface area contributed by atoms with Crippen LogP contribution in [0.2, 0.25) is 0 Å². The Morgan fingerprint density at radius 2 is 1.94 bits per heavy atom. The maximum Gasteiger partial charge on any atom is 0.353 e. The number of aromatic nitrogens is 1. The molecular formula is C14H13F2NO. The lowest BCUT2D eigenvalue weighted by Gasteiger charge is -2.12. The van der Waals surface area contributed by atoms with Gasteiger partial charge in [0.05, 0.1) is 6.61 Å². The summed E-state index contributed by atoms with van der Waals surface area (Å²) in [4.78, 5) is 4.02. The van der Waals surface area contributed by atoms with Gasteiger partial charge >= 0.3 is 6.11 Å². The van der Waals surface area contributed by atoms with Crippen LogP contribution in [-0.2, 0) is 11.3 Å². The third-order valence-corrected chi connectivity index (χ3v) is 2.41. The van der Waals surface area contributed by atoms with Gasteiger partial charge in [0.15, 0.2) is 0 Å². The molecule has 0 radical (unpaired) electrons. The van der Waals surface area contributed by atoms with E-state index in [-0.39, 0.29) is 6.61 Å². The molecule has 0 amide bonds. The summed E-state index contributed by atoms with van der Waals surface area (Å²) in [7, 11) is 0. The number of rotatable bonds is 4. The Morgan fingerprint density at radius 1 is 1.17 bits per heavy atom. The van der Waals surface area contributed by atoms with Crippen molar-refractivity contribution in [3.8, 4) is 11.1 Å². The number of benzene rings is 1. The van der Waals surface area contributed by atoms with Gasteiger partial charge in [-0.15, -0.1) is 0 Å². The number of ether oxygens (including phenoxy) is 1. The molecule has 0 saturated carbocycles. The Balaban J connectivity index is 2.16. The molecule has 0 aliphatic carbocycles. The zero-order valence-corrected chi connectivity index (χ0v) is 9.94. The summed E-state index contributed by atoms with van der Waals surface area (Å²) in [5, 5.41) is 0. The minimum Gasteiger partial charge on any atom is -0.316 e. The van der Waals surface area contributed by atoms with Crippen LogP contribution in [0.1, 0.15) is 12.5 Å². The average molecular weight is 249 g/mol. The van der Waals surface area contributed by atoms with Crippen LogP contribution in [-0.4, -0.2) is 11.1 Å². The van der Waals surface area contributed by atoms with E-state index in [4.69, 9.17) is 0 Å². The van der Waals surface area contributed by atoms with E-state index in [1.807, 2.05) is 30.3 Å². The normalized spacial score (nSPS) is 11.5. The Morgan fingerprint density at radius 3 is 2.61 bits per heavy atom. The minimum atomic E-state index is -3.11. The van der Waals surface area contributed by atoms with Crippen LogP contribution >= 0.6 is 0 Å². The van der Waals surface area contributed by atoms with E-state index in [1.165, 1.54) is 0 Å². The molecule has 2 aromatic rings. The first-order valence-corrected chi connectivity index (χ1v) is 5.56. The Bertz CT molecular complexity index is 509. The van der Waals surface area contributed by atoms with E-state index in [9.17, 15) is 8.78 Å². The quantitative estimate of drug-likeness (QED) is 0.820. The molecular weight excluding hydrogens is 236 g/mol. The number of halogens is 2. The highest BCUT2D eigenvalue weighted by Crippen LogP contribution is 2.21. The van der Waals surface area contributed by atoms with E-state index in [0.29, 0.717) is 5.56 Å². The SMILES string of the molecule is CC(F)(F)OCc1cccc(-c2cccnc2)c1. The number of hydrogen-bond donors (Lipinski definition) is 0. The maximum absolute atomic E-state index is 12.6. The van der Waals surface area contributed by atoms with Crippen molar-refractivity contribution in [2.45, 2.75) is 19.6 Å². The van der Waals surface area contributed by atoms with Crippen molar-refractivity contribution < 1.29 is 13.5 Å². The summed E-state index contributed by atoms with van der Waals surface area (Å²) in [5.74, 6) is 0. The molecule has 4 heteroatoms. The zero-order chi connectivity index (χ0) is 13.0. The summed E-state index contributed by atoms with van der Waals surface area (Å²) in [6.45, 7) is 0.621. The van der Waals surface area contributed by atoms with Gasteiger partial charge < -0.3 is 4.74 Å². The van der Waals surface area contributed by atoms with E-state index < -0.39 is 6.11 Å². The van der Waals surface area contributed by atoms with Gasteiger partial charge in [0.25, 0.3) is 0 Å². The zero-order valence-electron chi connectivity index (χ0n) is 9.94. The molecule has 1 heterocycles. The van der Waals surface area contributed by atoms with Gasteiger partial charge in [0, 0.05) is 19.3 Å². The summed E-state index contributed by atoms with van der Waals surface area (Å²) in [6, 6.07) is 11.0. The van der Waals surface area contributed by atoms with Crippen LogP contribution in [0.25, 0.3) is 11.1 Å². The van der Waals surface area contributed by atoms with Crippen LogP contribution in [0.3, 0.4) is 0 Å². The topological polar surface area (TPSA) is 22.1 Å². The standard InChI is InChI=1S/C14H13F2NO/c1-14(15,16)18-10-11-4-2-5-12(8-11)13-6-3-7-17-9-13/h2-9H,10H2,1H3. The molecule has 0 aliphatic rings. The van der Waals surface area contributed by atoms with Crippen LogP contribution in [0.4, 0.5) is 8.78 Å². The average Bonchev–Trinajstić information content (AvgIpc) is 2.37. The molecule has 0 atom stereocenters. The van der Waals surface area contributed by atoms with E-state index in [2.05, 4.69) is 9.72 Å². The molecule has 0 aliphatic heterocycles. The van der Waals surface area contributed by atoms with Gasteiger partial charge in [-0.1, -0.05) is 24.3 Å². The van der Waals surface area contributed by atoms with Gasteiger partial charge in [-0.3, -0.25) is 4.98 Å². The van der Waals surface area contributed by atoms with Crippen molar-refractivity contribution in [1.29, 1.82) is 0 Å². The highest BCUT2D eigenvalue weighted by molar-refractivity contribution is 5.62. The largest absolute Gasteiger partial charge is 0.353 e. The first kappa shape index (κ1) is 12.6. The summed E-state index contributed by atoms with van der Waals surface area (Å²) in [5.41, 5.74) is 2.59. The molecule has 0 saturated heterocycles. The number of nitrogens with zero attached hydrogens (tertiary/aromatic N) is 1. The third-order valence-electron chi connectivity index (χ3n) is 2.41.